The molecule has 3 aliphatic rings. The molecule has 11 unspecified atom stereocenters. The molecule has 3 heterocycles. The van der Waals surface area contributed by atoms with Crippen LogP contribution < -0.4 is 0 Å². The van der Waals surface area contributed by atoms with Crippen LogP contribution in [0.15, 0.2) is 0 Å². The van der Waals surface area contributed by atoms with Gasteiger partial charge in [0.2, 0.25) is 0 Å². The van der Waals surface area contributed by atoms with Crippen molar-refractivity contribution in [3.05, 3.63) is 0 Å². The first-order valence-electron chi connectivity index (χ1n) is 11.0. The SMILES string of the molecule is [B]C1CC(OC)C(COP(=O)(O)OC2CC([B])OC2COP(=O)(O)OC2CC([B])OC2COC)O1. The largest absolute Gasteiger partial charge is 0.472 e. The van der Waals surface area contributed by atoms with Crippen LogP contribution in [0.5, 0.6) is 0 Å². The van der Waals surface area contributed by atoms with Crippen LogP contribution in [0, 0.1) is 0 Å². The number of methoxy groups -OCH3 is 2. The standard InChI is InChI=1S/C17H29B3O13P2/c1-25-6-12-10(4-16(19)29-12)32-35(23,24)28-8-14-11(5-17(20)31-14)33-34(21,22)27-7-13-9(26-2)3-15(18)30-13/h9-17H,3-8H2,1-2H3,(H,21,22)(H,23,24). The van der Waals surface area contributed by atoms with Crippen molar-refractivity contribution >= 4 is 39.2 Å². The molecule has 0 aromatic heterocycles. The van der Waals surface area contributed by atoms with Crippen LogP contribution in [0.4, 0.5) is 0 Å². The molecule has 2 N–H and O–H groups in total. The van der Waals surface area contributed by atoms with E-state index < -0.39 is 76.9 Å². The molecule has 0 saturated carbocycles. The molecule has 194 valence electrons. The first kappa shape index (κ1) is 29.8. The molecular formula is C17H29B3O13P2. The highest BCUT2D eigenvalue weighted by Gasteiger charge is 2.43. The van der Waals surface area contributed by atoms with E-state index in [9.17, 15) is 18.9 Å². The van der Waals surface area contributed by atoms with Crippen LogP contribution >= 0.6 is 15.6 Å². The van der Waals surface area contributed by atoms with Gasteiger partial charge in [0, 0.05) is 32.2 Å². The second-order valence-electron chi connectivity index (χ2n) is 8.39. The molecule has 3 rings (SSSR count). The maximum atomic E-state index is 12.5. The van der Waals surface area contributed by atoms with Gasteiger partial charge in [-0.3, -0.25) is 18.1 Å². The summed E-state index contributed by atoms with van der Waals surface area (Å²) in [6.07, 6.45) is -4.13. The Hall–Kier alpha value is 0.215. The number of rotatable bonds is 13. The Bertz CT molecular complexity index is 781. The van der Waals surface area contributed by atoms with Crippen molar-refractivity contribution in [2.24, 2.45) is 0 Å². The first-order valence-corrected chi connectivity index (χ1v) is 14.0. The monoisotopic (exact) mass is 536 g/mol. The summed E-state index contributed by atoms with van der Waals surface area (Å²) in [5.41, 5.74) is 0. The summed E-state index contributed by atoms with van der Waals surface area (Å²) in [6.45, 7) is -0.731. The summed E-state index contributed by atoms with van der Waals surface area (Å²) in [5.74, 6) is 0. The highest BCUT2D eigenvalue weighted by molar-refractivity contribution is 7.47. The van der Waals surface area contributed by atoms with Crippen molar-refractivity contribution in [2.75, 3.05) is 34.0 Å². The van der Waals surface area contributed by atoms with Gasteiger partial charge in [-0.25, -0.2) is 9.13 Å². The van der Waals surface area contributed by atoms with E-state index in [1.807, 2.05) is 0 Å². The third-order valence-electron chi connectivity index (χ3n) is 5.66. The molecule has 0 amide bonds. The number of phosphoric acid groups is 2. The topological polar surface area (TPSA) is 158 Å². The summed E-state index contributed by atoms with van der Waals surface area (Å²) in [7, 11) is 10.9. The van der Waals surface area contributed by atoms with Gasteiger partial charge in [-0.2, -0.15) is 0 Å². The van der Waals surface area contributed by atoms with Gasteiger partial charge in [0.1, 0.15) is 41.9 Å². The van der Waals surface area contributed by atoms with Crippen molar-refractivity contribution in [1.29, 1.82) is 0 Å². The molecule has 3 aliphatic heterocycles. The third-order valence-corrected chi connectivity index (χ3v) is 7.69. The lowest BCUT2D eigenvalue weighted by Crippen LogP contribution is -2.31. The number of phosphoric ester groups is 2. The molecule has 0 aromatic rings. The second kappa shape index (κ2) is 12.8. The van der Waals surface area contributed by atoms with Crippen LogP contribution in [0.3, 0.4) is 0 Å². The second-order valence-corrected chi connectivity index (χ2v) is 11.2. The predicted molar refractivity (Wildman–Crippen MR) is 121 cm³/mol. The van der Waals surface area contributed by atoms with Crippen LogP contribution in [0.2, 0.25) is 0 Å². The summed E-state index contributed by atoms with van der Waals surface area (Å²) >= 11 is 0. The van der Waals surface area contributed by atoms with Crippen LogP contribution in [-0.2, 0) is 50.9 Å². The Labute approximate surface area is 208 Å². The average Bonchev–Trinajstić information content (AvgIpc) is 3.41. The van der Waals surface area contributed by atoms with E-state index in [-0.39, 0.29) is 26.1 Å². The first-order chi connectivity index (χ1) is 16.4. The Morgan fingerprint density at radius 2 is 1.09 bits per heavy atom. The molecule has 3 fully saturated rings. The van der Waals surface area contributed by atoms with Gasteiger partial charge in [0.05, 0.1) is 38.1 Å². The predicted octanol–water partition coefficient (Wildman–Crippen LogP) is -0.497. The molecule has 0 bridgehead atoms. The Balaban J connectivity index is 1.51. The third kappa shape index (κ3) is 8.89. The zero-order chi connectivity index (χ0) is 25.8. The molecule has 3 saturated heterocycles. The fraction of sp³-hybridized carbons (Fsp3) is 1.00. The van der Waals surface area contributed by atoms with Crippen LogP contribution in [-0.4, -0.2) is 122 Å². The lowest BCUT2D eigenvalue weighted by molar-refractivity contribution is -0.0383. The van der Waals surface area contributed by atoms with Gasteiger partial charge in [-0.05, 0) is 19.3 Å². The fourth-order valence-corrected chi connectivity index (χ4v) is 5.98. The van der Waals surface area contributed by atoms with Crippen LogP contribution in [0.1, 0.15) is 19.3 Å². The van der Waals surface area contributed by atoms with E-state index in [0.29, 0.717) is 6.42 Å². The molecule has 0 aromatic carbocycles. The zero-order valence-corrected chi connectivity index (χ0v) is 21.2. The van der Waals surface area contributed by atoms with Crippen molar-refractivity contribution < 1.29 is 60.7 Å². The van der Waals surface area contributed by atoms with Crippen molar-refractivity contribution in [2.45, 2.75) is 73.9 Å². The Morgan fingerprint density at radius 3 is 1.49 bits per heavy atom. The van der Waals surface area contributed by atoms with E-state index in [1.165, 1.54) is 14.2 Å². The van der Waals surface area contributed by atoms with Crippen molar-refractivity contribution in [3.8, 4) is 0 Å². The Morgan fingerprint density at radius 1 is 0.714 bits per heavy atom. The summed E-state index contributed by atoms with van der Waals surface area (Å²) in [6, 6.07) is -2.13. The Kier molecular flexibility index (Phi) is 10.9. The molecular weight excluding hydrogens is 507 g/mol. The molecule has 0 aliphatic carbocycles. The lowest BCUT2D eigenvalue weighted by Gasteiger charge is -2.25. The van der Waals surface area contributed by atoms with E-state index >= 15 is 0 Å². The molecule has 13 nitrogen and oxygen atoms in total. The van der Waals surface area contributed by atoms with Crippen LogP contribution in [0.25, 0.3) is 0 Å². The molecule has 0 spiro atoms. The minimum atomic E-state index is -4.60. The maximum Gasteiger partial charge on any atom is 0.472 e. The number of hydrogen-bond donors (Lipinski definition) is 2. The van der Waals surface area contributed by atoms with Gasteiger partial charge >= 0.3 is 15.6 Å². The molecule has 11 atom stereocenters. The highest BCUT2D eigenvalue weighted by Crippen LogP contribution is 2.50. The molecule has 35 heavy (non-hydrogen) atoms. The normalized spacial score (nSPS) is 41.1. The van der Waals surface area contributed by atoms with E-state index in [4.69, 9.17) is 65.3 Å². The van der Waals surface area contributed by atoms with Crippen molar-refractivity contribution in [3.63, 3.8) is 0 Å². The van der Waals surface area contributed by atoms with Gasteiger partial charge in [-0.1, -0.05) is 0 Å². The van der Waals surface area contributed by atoms with Gasteiger partial charge < -0.3 is 33.5 Å². The van der Waals surface area contributed by atoms with Gasteiger partial charge in [0.25, 0.3) is 0 Å². The van der Waals surface area contributed by atoms with Crippen molar-refractivity contribution in [1.82, 2.24) is 0 Å². The smallest absolute Gasteiger partial charge is 0.382 e. The van der Waals surface area contributed by atoms with E-state index in [1.54, 1.807) is 0 Å². The molecule has 18 heteroatoms. The number of ether oxygens (including phenoxy) is 5. The van der Waals surface area contributed by atoms with Gasteiger partial charge in [-0.15, -0.1) is 0 Å². The van der Waals surface area contributed by atoms with E-state index in [0.717, 1.165) is 0 Å². The lowest BCUT2D eigenvalue weighted by atomic mass is 9.96. The quantitative estimate of drug-likeness (QED) is 0.230. The van der Waals surface area contributed by atoms with E-state index in [2.05, 4.69) is 0 Å². The minimum Gasteiger partial charge on any atom is -0.382 e. The summed E-state index contributed by atoms with van der Waals surface area (Å²) in [5, 5.41) is 0. The summed E-state index contributed by atoms with van der Waals surface area (Å²) in [4.78, 5) is 20.3. The zero-order valence-electron chi connectivity index (χ0n) is 19.5. The summed E-state index contributed by atoms with van der Waals surface area (Å²) < 4.78 is 71.9. The minimum absolute atomic E-state index is 0.00521. The fourth-order valence-electron chi connectivity index (χ4n) is 4.06. The maximum absolute atomic E-state index is 12.5. The van der Waals surface area contributed by atoms with Gasteiger partial charge in [0.15, 0.2) is 0 Å². The average molecular weight is 536 g/mol. The highest BCUT2D eigenvalue weighted by atomic mass is 31.2. The number of hydrogen-bond acceptors (Lipinski definition) is 11. The molecule has 6 radical (unpaired) electrons.